The first-order valence-electron chi connectivity index (χ1n) is 5.38. The molecule has 0 aromatic heterocycles. The van der Waals surface area contributed by atoms with E-state index in [2.05, 4.69) is 5.32 Å². The summed E-state index contributed by atoms with van der Waals surface area (Å²) in [6, 6.07) is 0.620. The average molecular weight is 219 g/mol. The van der Waals surface area contributed by atoms with Crippen LogP contribution in [0.5, 0.6) is 0 Å². The summed E-state index contributed by atoms with van der Waals surface area (Å²) >= 11 is 0. The SMILES string of the molecule is CNC1CCCC1CCCS(C)(=O)=O. The molecule has 14 heavy (non-hydrogen) atoms. The lowest BCUT2D eigenvalue weighted by molar-refractivity contribution is 0.397. The molecule has 0 heterocycles. The van der Waals surface area contributed by atoms with Gasteiger partial charge in [0, 0.05) is 18.1 Å². The van der Waals surface area contributed by atoms with Gasteiger partial charge >= 0.3 is 0 Å². The lowest BCUT2D eigenvalue weighted by atomic mass is 9.98. The third-order valence-corrected chi connectivity index (χ3v) is 4.15. The number of rotatable bonds is 5. The quantitative estimate of drug-likeness (QED) is 0.756. The molecule has 1 aliphatic rings. The molecular formula is C10H21NO2S. The van der Waals surface area contributed by atoms with Gasteiger partial charge in [-0.15, -0.1) is 0 Å². The number of hydrogen-bond donors (Lipinski definition) is 1. The van der Waals surface area contributed by atoms with Gasteiger partial charge in [-0.1, -0.05) is 6.42 Å². The molecule has 0 saturated heterocycles. The van der Waals surface area contributed by atoms with Gasteiger partial charge in [-0.25, -0.2) is 8.42 Å². The first-order chi connectivity index (χ1) is 6.53. The Labute approximate surface area is 87.2 Å². The smallest absolute Gasteiger partial charge is 0.147 e. The van der Waals surface area contributed by atoms with Gasteiger partial charge in [0.25, 0.3) is 0 Å². The third-order valence-electron chi connectivity index (χ3n) is 3.12. The van der Waals surface area contributed by atoms with Crippen LogP contribution >= 0.6 is 0 Å². The van der Waals surface area contributed by atoms with Crippen LogP contribution in [0.4, 0.5) is 0 Å². The molecule has 0 aromatic carbocycles. The van der Waals surface area contributed by atoms with Gasteiger partial charge in [0.2, 0.25) is 0 Å². The topological polar surface area (TPSA) is 46.2 Å². The lowest BCUT2D eigenvalue weighted by Gasteiger charge is -2.18. The highest BCUT2D eigenvalue weighted by molar-refractivity contribution is 7.90. The zero-order chi connectivity index (χ0) is 10.6. The molecule has 84 valence electrons. The highest BCUT2D eigenvalue weighted by Crippen LogP contribution is 2.29. The van der Waals surface area contributed by atoms with Crippen LogP contribution in [0.1, 0.15) is 32.1 Å². The Hall–Kier alpha value is -0.0900. The van der Waals surface area contributed by atoms with Crippen molar-refractivity contribution in [2.24, 2.45) is 5.92 Å². The maximum absolute atomic E-state index is 10.9. The molecule has 0 radical (unpaired) electrons. The normalized spacial score (nSPS) is 28.1. The maximum atomic E-state index is 10.9. The average Bonchev–Trinajstić information content (AvgIpc) is 2.49. The van der Waals surface area contributed by atoms with E-state index >= 15 is 0 Å². The van der Waals surface area contributed by atoms with Crippen LogP contribution in [0.25, 0.3) is 0 Å². The summed E-state index contributed by atoms with van der Waals surface area (Å²) in [5, 5.41) is 3.31. The van der Waals surface area contributed by atoms with Gasteiger partial charge in [-0.3, -0.25) is 0 Å². The second-order valence-electron chi connectivity index (χ2n) is 4.36. The Balaban J connectivity index is 2.24. The third kappa shape index (κ3) is 3.96. The molecule has 0 bridgehead atoms. The number of hydrogen-bond acceptors (Lipinski definition) is 3. The van der Waals surface area contributed by atoms with E-state index in [0.717, 1.165) is 12.8 Å². The second-order valence-corrected chi connectivity index (χ2v) is 6.62. The second kappa shape index (κ2) is 5.12. The first kappa shape index (κ1) is 12.0. The van der Waals surface area contributed by atoms with Crippen LogP contribution in [-0.2, 0) is 9.84 Å². The molecule has 2 unspecified atom stereocenters. The Morgan fingerprint density at radius 3 is 2.64 bits per heavy atom. The summed E-state index contributed by atoms with van der Waals surface area (Å²) in [4.78, 5) is 0. The highest BCUT2D eigenvalue weighted by Gasteiger charge is 2.25. The first-order valence-corrected chi connectivity index (χ1v) is 7.44. The van der Waals surface area contributed by atoms with Gasteiger partial charge in [-0.05, 0) is 38.6 Å². The van der Waals surface area contributed by atoms with Crippen molar-refractivity contribution in [1.82, 2.24) is 5.32 Å². The summed E-state index contributed by atoms with van der Waals surface area (Å²) in [5.41, 5.74) is 0. The molecule has 0 aromatic rings. The fourth-order valence-electron chi connectivity index (χ4n) is 2.37. The predicted octanol–water partition coefficient (Wildman–Crippen LogP) is 1.20. The van der Waals surface area contributed by atoms with E-state index in [9.17, 15) is 8.42 Å². The molecule has 1 aliphatic carbocycles. The van der Waals surface area contributed by atoms with Crippen molar-refractivity contribution in [1.29, 1.82) is 0 Å². The zero-order valence-electron chi connectivity index (χ0n) is 9.12. The van der Waals surface area contributed by atoms with Crippen molar-refractivity contribution >= 4 is 9.84 Å². The van der Waals surface area contributed by atoms with E-state index in [1.165, 1.54) is 25.5 Å². The lowest BCUT2D eigenvalue weighted by Crippen LogP contribution is -2.29. The Kier molecular flexibility index (Phi) is 4.38. The molecular weight excluding hydrogens is 198 g/mol. The molecule has 0 amide bonds. The summed E-state index contributed by atoms with van der Waals surface area (Å²) < 4.78 is 21.9. The fraction of sp³-hybridized carbons (Fsp3) is 1.00. The molecule has 1 saturated carbocycles. The molecule has 1 fully saturated rings. The van der Waals surface area contributed by atoms with Crippen LogP contribution in [-0.4, -0.2) is 33.5 Å². The van der Waals surface area contributed by atoms with E-state index in [1.807, 2.05) is 7.05 Å². The van der Waals surface area contributed by atoms with E-state index in [0.29, 0.717) is 17.7 Å². The summed E-state index contributed by atoms with van der Waals surface area (Å²) in [7, 11) is -0.761. The molecule has 0 aliphatic heterocycles. The van der Waals surface area contributed by atoms with Crippen LogP contribution in [0, 0.1) is 5.92 Å². The van der Waals surface area contributed by atoms with Gasteiger partial charge in [0.15, 0.2) is 0 Å². The largest absolute Gasteiger partial charge is 0.317 e. The van der Waals surface area contributed by atoms with Crippen molar-refractivity contribution in [2.45, 2.75) is 38.1 Å². The fourth-order valence-corrected chi connectivity index (χ4v) is 3.06. The van der Waals surface area contributed by atoms with Gasteiger partial charge in [-0.2, -0.15) is 0 Å². The predicted molar refractivity (Wildman–Crippen MR) is 59.1 cm³/mol. The van der Waals surface area contributed by atoms with Crippen molar-refractivity contribution in [3.8, 4) is 0 Å². The summed E-state index contributed by atoms with van der Waals surface area (Å²) in [6.45, 7) is 0. The Bertz CT molecular complexity index is 261. The minimum absolute atomic E-state index is 0.347. The molecule has 3 nitrogen and oxygen atoms in total. The van der Waals surface area contributed by atoms with Crippen LogP contribution in [0.2, 0.25) is 0 Å². The summed E-state index contributed by atoms with van der Waals surface area (Å²) in [5.74, 6) is 1.04. The molecule has 0 spiro atoms. The standard InChI is InChI=1S/C10H21NO2S/c1-11-10-7-3-5-9(10)6-4-8-14(2,12)13/h9-11H,3-8H2,1-2H3. The molecule has 2 atom stereocenters. The van der Waals surface area contributed by atoms with Gasteiger partial charge in [0.1, 0.15) is 9.84 Å². The van der Waals surface area contributed by atoms with E-state index in [4.69, 9.17) is 0 Å². The molecule has 1 N–H and O–H groups in total. The van der Waals surface area contributed by atoms with Crippen LogP contribution < -0.4 is 5.32 Å². The van der Waals surface area contributed by atoms with Crippen molar-refractivity contribution in [3.05, 3.63) is 0 Å². The van der Waals surface area contributed by atoms with Crippen LogP contribution in [0.3, 0.4) is 0 Å². The van der Waals surface area contributed by atoms with E-state index in [-0.39, 0.29) is 0 Å². The summed E-state index contributed by atoms with van der Waals surface area (Å²) in [6.07, 6.45) is 6.99. The van der Waals surface area contributed by atoms with Crippen molar-refractivity contribution in [3.63, 3.8) is 0 Å². The maximum Gasteiger partial charge on any atom is 0.147 e. The highest BCUT2D eigenvalue weighted by atomic mass is 32.2. The molecule has 4 heteroatoms. The molecule has 1 rings (SSSR count). The monoisotopic (exact) mass is 219 g/mol. The number of sulfone groups is 1. The van der Waals surface area contributed by atoms with E-state index < -0.39 is 9.84 Å². The minimum Gasteiger partial charge on any atom is -0.317 e. The minimum atomic E-state index is -2.76. The van der Waals surface area contributed by atoms with Gasteiger partial charge < -0.3 is 5.32 Å². The Morgan fingerprint density at radius 1 is 1.36 bits per heavy atom. The van der Waals surface area contributed by atoms with E-state index in [1.54, 1.807) is 0 Å². The van der Waals surface area contributed by atoms with Crippen molar-refractivity contribution in [2.75, 3.05) is 19.1 Å². The zero-order valence-corrected chi connectivity index (χ0v) is 9.94. The number of nitrogens with one attached hydrogen (secondary N) is 1. The van der Waals surface area contributed by atoms with Crippen LogP contribution in [0.15, 0.2) is 0 Å². The van der Waals surface area contributed by atoms with Gasteiger partial charge in [0.05, 0.1) is 0 Å². The van der Waals surface area contributed by atoms with Crippen molar-refractivity contribution < 1.29 is 8.42 Å². The Morgan fingerprint density at radius 2 is 2.07 bits per heavy atom.